The van der Waals surface area contributed by atoms with Crippen LogP contribution in [0.1, 0.15) is 25.0 Å². The summed E-state index contributed by atoms with van der Waals surface area (Å²) in [6.07, 6.45) is 1.89. The number of nitrogens with zero attached hydrogens (tertiary/aromatic N) is 2. The lowest BCUT2D eigenvalue weighted by Crippen LogP contribution is -2.28. The summed E-state index contributed by atoms with van der Waals surface area (Å²) in [5, 5.41) is 0.766. The van der Waals surface area contributed by atoms with Gasteiger partial charge in [0.15, 0.2) is 5.17 Å². The Hall–Kier alpha value is -1.57. The summed E-state index contributed by atoms with van der Waals surface area (Å²) < 4.78 is 7.63. The van der Waals surface area contributed by atoms with Gasteiger partial charge in [0.1, 0.15) is 12.4 Å². The monoisotopic (exact) mass is 522 g/mol. The molecule has 146 valence electrons. The number of likely N-dealkylation sites (N-methyl/N-ethyl adjacent to an activating group) is 1. The Bertz CT molecular complexity index is 906. The van der Waals surface area contributed by atoms with Crippen LogP contribution in [0.25, 0.3) is 6.08 Å². The second kappa shape index (κ2) is 9.76. The number of ether oxygens (including phenoxy) is 1. The number of thioether (sulfide) groups is 1. The van der Waals surface area contributed by atoms with Gasteiger partial charge in [0.2, 0.25) is 0 Å². The summed E-state index contributed by atoms with van der Waals surface area (Å²) in [5.74, 6) is 0.733. The minimum Gasteiger partial charge on any atom is -0.487 e. The Labute approximate surface area is 186 Å². The second-order valence-electron chi connectivity index (χ2n) is 6.00. The maximum atomic E-state index is 12.6. The molecule has 1 aliphatic rings. The van der Waals surface area contributed by atoms with Gasteiger partial charge in [-0.3, -0.25) is 14.7 Å². The maximum Gasteiger partial charge on any atom is 0.266 e. The van der Waals surface area contributed by atoms with E-state index in [-0.39, 0.29) is 5.91 Å². The summed E-state index contributed by atoms with van der Waals surface area (Å²) in [6, 6.07) is 13.9. The van der Waals surface area contributed by atoms with E-state index in [9.17, 15) is 4.79 Å². The first-order valence-corrected chi connectivity index (χ1v) is 11.3. The third-order valence-electron chi connectivity index (χ3n) is 4.04. The summed E-state index contributed by atoms with van der Waals surface area (Å²) >= 11 is 8.60. The van der Waals surface area contributed by atoms with Crippen molar-refractivity contribution >= 4 is 60.8 Å². The molecule has 0 N–H and O–H groups in total. The molecule has 1 heterocycles. The zero-order valence-electron chi connectivity index (χ0n) is 15.6. The van der Waals surface area contributed by atoms with Crippen LogP contribution in [0.3, 0.4) is 0 Å². The minimum atomic E-state index is -0.00338. The van der Waals surface area contributed by atoms with Gasteiger partial charge in [0, 0.05) is 13.1 Å². The van der Waals surface area contributed by atoms with Gasteiger partial charge in [-0.2, -0.15) is 0 Å². The van der Waals surface area contributed by atoms with E-state index in [4.69, 9.17) is 4.74 Å². The average Bonchev–Trinajstić information content (AvgIpc) is 2.96. The van der Waals surface area contributed by atoms with Gasteiger partial charge in [-0.25, -0.2) is 0 Å². The van der Waals surface area contributed by atoms with Crippen molar-refractivity contribution in [2.24, 2.45) is 4.99 Å². The standard InChI is InChI=1S/C21H20Br2N2O2S/c1-3-24-21-25(4-2)20(26)18(28-21)12-15-10-16(22)19(17(23)11-15)27-13-14-8-6-5-7-9-14/h5-12H,3-4,13H2,1-2H3/b18-12+,24-21?. The third-order valence-corrected chi connectivity index (χ3v) is 6.26. The number of rotatable bonds is 6. The molecular weight excluding hydrogens is 504 g/mol. The number of carbonyl (C=O) groups is 1. The highest BCUT2D eigenvalue weighted by Gasteiger charge is 2.31. The van der Waals surface area contributed by atoms with Crippen molar-refractivity contribution in [3.63, 3.8) is 0 Å². The van der Waals surface area contributed by atoms with Crippen LogP contribution in [-0.2, 0) is 11.4 Å². The second-order valence-corrected chi connectivity index (χ2v) is 8.72. The fourth-order valence-corrected chi connectivity index (χ4v) is 5.28. The lowest BCUT2D eigenvalue weighted by atomic mass is 10.2. The molecule has 1 saturated heterocycles. The van der Waals surface area contributed by atoms with Gasteiger partial charge >= 0.3 is 0 Å². The normalized spacial score (nSPS) is 17.0. The molecule has 0 unspecified atom stereocenters. The van der Waals surface area contributed by atoms with Crippen LogP contribution in [0.4, 0.5) is 0 Å². The molecule has 0 aliphatic carbocycles. The molecule has 4 nitrogen and oxygen atoms in total. The quantitative estimate of drug-likeness (QED) is 0.429. The van der Waals surface area contributed by atoms with Gasteiger partial charge in [0.25, 0.3) is 5.91 Å². The summed E-state index contributed by atoms with van der Waals surface area (Å²) in [7, 11) is 0. The number of aliphatic imine (C=N–C) groups is 1. The van der Waals surface area contributed by atoms with Crippen LogP contribution >= 0.6 is 43.6 Å². The van der Waals surface area contributed by atoms with E-state index in [1.807, 2.05) is 62.4 Å². The van der Waals surface area contributed by atoms with E-state index < -0.39 is 0 Å². The first-order chi connectivity index (χ1) is 13.5. The number of amides is 1. The molecule has 2 aromatic carbocycles. The molecule has 1 aliphatic heterocycles. The maximum absolute atomic E-state index is 12.6. The van der Waals surface area contributed by atoms with Crippen molar-refractivity contribution in [3.8, 4) is 5.75 Å². The molecule has 0 aromatic heterocycles. The van der Waals surface area contributed by atoms with Gasteiger partial charge in [0.05, 0.1) is 13.9 Å². The van der Waals surface area contributed by atoms with E-state index in [2.05, 4.69) is 36.9 Å². The first kappa shape index (κ1) is 21.1. The highest BCUT2D eigenvalue weighted by molar-refractivity contribution is 9.11. The Balaban J connectivity index is 1.81. The van der Waals surface area contributed by atoms with Gasteiger partial charge in [-0.1, -0.05) is 30.3 Å². The van der Waals surface area contributed by atoms with E-state index in [0.29, 0.717) is 24.6 Å². The van der Waals surface area contributed by atoms with Gasteiger partial charge < -0.3 is 4.74 Å². The predicted molar refractivity (Wildman–Crippen MR) is 124 cm³/mol. The van der Waals surface area contributed by atoms with Gasteiger partial charge in [-0.15, -0.1) is 0 Å². The molecule has 0 spiro atoms. The van der Waals surface area contributed by atoms with Crippen LogP contribution in [0, 0.1) is 0 Å². The lowest BCUT2D eigenvalue weighted by Gasteiger charge is -2.12. The number of carbonyl (C=O) groups excluding carboxylic acids is 1. The number of hydrogen-bond donors (Lipinski definition) is 0. The Morgan fingerprint density at radius 2 is 1.82 bits per heavy atom. The Kier molecular flexibility index (Phi) is 7.37. The first-order valence-electron chi connectivity index (χ1n) is 8.95. The fourth-order valence-electron chi connectivity index (χ4n) is 2.72. The third kappa shape index (κ3) is 4.88. The molecule has 0 saturated carbocycles. The zero-order valence-corrected chi connectivity index (χ0v) is 19.6. The Morgan fingerprint density at radius 3 is 2.43 bits per heavy atom. The number of amidine groups is 1. The summed E-state index contributed by atoms with van der Waals surface area (Å²) in [6.45, 7) is 5.68. The van der Waals surface area contributed by atoms with Crippen molar-refractivity contribution in [1.29, 1.82) is 0 Å². The molecule has 3 rings (SSSR count). The number of benzene rings is 2. The van der Waals surface area contributed by atoms with Crippen molar-refractivity contribution in [1.82, 2.24) is 4.90 Å². The molecule has 0 bridgehead atoms. The SMILES string of the molecule is CCN=C1S/C(=C/c2cc(Br)c(OCc3ccccc3)c(Br)c2)C(=O)N1CC. The molecule has 1 amide bonds. The van der Waals surface area contributed by atoms with Gasteiger partial charge in [-0.05, 0) is 86.8 Å². The largest absolute Gasteiger partial charge is 0.487 e. The highest BCUT2D eigenvalue weighted by atomic mass is 79.9. The van der Waals surface area contributed by atoms with Crippen LogP contribution in [0.15, 0.2) is 61.3 Å². The van der Waals surface area contributed by atoms with Crippen molar-refractivity contribution in [2.45, 2.75) is 20.5 Å². The number of hydrogen-bond acceptors (Lipinski definition) is 4. The van der Waals surface area contributed by atoms with E-state index in [1.54, 1.807) is 4.90 Å². The molecule has 0 atom stereocenters. The molecule has 7 heteroatoms. The van der Waals surface area contributed by atoms with E-state index in [1.165, 1.54) is 11.8 Å². The van der Waals surface area contributed by atoms with Crippen molar-refractivity contribution in [3.05, 3.63) is 67.4 Å². The molecule has 0 radical (unpaired) electrons. The zero-order chi connectivity index (χ0) is 20.1. The molecular formula is C21H20Br2N2O2S. The average molecular weight is 524 g/mol. The summed E-state index contributed by atoms with van der Waals surface area (Å²) in [5.41, 5.74) is 2.01. The van der Waals surface area contributed by atoms with Crippen LogP contribution < -0.4 is 4.74 Å². The molecule has 28 heavy (non-hydrogen) atoms. The minimum absolute atomic E-state index is 0.00338. The van der Waals surface area contributed by atoms with E-state index in [0.717, 1.165) is 31.0 Å². The Morgan fingerprint density at radius 1 is 1.14 bits per heavy atom. The predicted octanol–water partition coefficient (Wildman–Crippen LogP) is 6.10. The van der Waals surface area contributed by atoms with Crippen molar-refractivity contribution < 1.29 is 9.53 Å². The molecule has 1 fully saturated rings. The van der Waals surface area contributed by atoms with Crippen LogP contribution in [0.5, 0.6) is 5.75 Å². The lowest BCUT2D eigenvalue weighted by molar-refractivity contribution is -0.122. The van der Waals surface area contributed by atoms with E-state index >= 15 is 0 Å². The fraction of sp³-hybridized carbons (Fsp3) is 0.238. The smallest absolute Gasteiger partial charge is 0.266 e. The number of halogens is 2. The highest BCUT2D eigenvalue weighted by Crippen LogP contribution is 2.38. The topological polar surface area (TPSA) is 41.9 Å². The summed E-state index contributed by atoms with van der Waals surface area (Å²) in [4.78, 5) is 19.4. The van der Waals surface area contributed by atoms with Crippen molar-refractivity contribution in [2.75, 3.05) is 13.1 Å². The van der Waals surface area contributed by atoms with Crippen LogP contribution in [-0.4, -0.2) is 29.1 Å². The van der Waals surface area contributed by atoms with Crippen LogP contribution in [0.2, 0.25) is 0 Å². The molecule has 2 aromatic rings.